The van der Waals surface area contributed by atoms with Crippen molar-refractivity contribution in [3.8, 4) is 11.3 Å². The highest BCUT2D eigenvalue weighted by molar-refractivity contribution is 7.93. The lowest BCUT2D eigenvalue weighted by molar-refractivity contribution is -0.126. The van der Waals surface area contributed by atoms with Crippen molar-refractivity contribution in [2.45, 2.75) is 58.5 Å². The number of para-hydroxylation sites is 1. The number of fused-ring (bicyclic) bond motifs is 2. The second-order valence-corrected chi connectivity index (χ2v) is 11.8. The lowest BCUT2D eigenvalue weighted by Crippen LogP contribution is -2.64. The second kappa shape index (κ2) is 7.16. The van der Waals surface area contributed by atoms with Crippen molar-refractivity contribution in [3.63, 3.8) is 0 Å². The lowest BCUT2D eigenvalue weighted by Gasteiger charge is -2.39. The van der Waals surface area contributed by atoms with Crippen LogP contribution in [0.4, 0.5) is 0 Å². The number of carbonyl (C=O) groups excluding carboxylic acids is 1. The van der Waals surface area contributed by atoms with Gasteiger partial charge < -0.3 is 9.73 Å². The number of amides is 1. The topological polar surface area (TPSA) is 107 Å². The second-order valence-electron chi connectivity index (χ2n) is 9.72. The average molecular weight is 457 g/mol. The number of rotatable bonds is 4. The van der Waals surface area contributed by atoms with Crippen LogP contribution < -0.4 is 5.32 Å². The van der Waals surface area contributed by atoms with Gasteiger partial charge in [-0.05, 0) is 39.7 Å². The number of oxazole rings is 1. The Morgan fingerprint density at radius 3 is 2.75 bits per heavy atom. The molecule has 1 saturated heterocycles. The number of aryl methyl sites for hydroxylation is 1. The maximum atomic E-state index is 13.0. The van der Waals surface area contributed by atoms with E-state index in [1.165, 1.54) is 0 Å². The number of hydrogen-bond acceptors (Lipinski definition) is 6. The summed E-state index contributed by atoms with van der Waals surface area (Å²) in [5.74, 6) is 0.376. The summed E-state index contributed by atoms with van der Waals surface area (Å²) in [4.78, 5) is 17.6. The van der Waals surface area contributed by atoms with Crippen LogP contribution in [0.2, 0.25) is 0 Å². The van der Waals surface area contributed by atoms with E-state index in [0.29, 0.717) is 18.7 Å². The fraction of sp³-hybridized carbons (Fsp3) is 0.522. The Hall–Kier alpha value is -2.68. The molecule has 1 atom stereocenters. The molecule has 1 fully saturated rings. The van der Waals surface area contributed by atoms with Crippen molar-refractivity contribution in [2.75, 3.05) is 11.5 Å². The summed E-state index contributed by atoms with van der Waals surface area (Å²) in [7, 11) is -3.02. The van der Waals surface area contributed by atoms with E-state index in [-0.39, 0.29) is 29.4 Å². The van der Waals surface area contributed by atoms with Gasteiger partial charge in [-0.25, -0.2) is 13.4 Å². The van der Waals surface area contributed by atoms with E-state index in [1.807, 2.05) is 29.8 Å². The Morgan fingerprint density at radius 1 is 1.31 bits per heavy atom. The molecular weight excluding hydrogens is 428 g/mol. The van der Waals surface area contributed by atoms with E-state index >= 15 is 0 Å². The largest absolute Gasteiger partial charge is 0.441 e. The molecule has 9 heteroatoms. The first-order chi connectivity index (χ1) is 15.1. The first kappa shape index (κ1) is 21.2. The Labute approximate surface area is 187 Å². The fourth-order valence-electron chi connectivity index (χ4n) is 5.15. The van der Waals surface area contributed by atoms with E-state index in [2.05, 4.69) is 24.1 Å². The van der Waals surface area contributed by atoms with Gasteiger partial charge in [0.15, 0.2) is 21.3 Å². The van der Waals surface area contributed by atoms with Crippen LogP contribution in [0.3, 0.4) is 0 Å². The van der Waals surface area contributed by atoms with Crippen LogP contribution in [0.1, 0.15) is 50.4 Å². The Kier molecular flexibility index (Phi) is 4.74. The number of nitrogens with one attached hydrogen (secondary N) is 1. The molecule has 1 aromatic carbocycles. The molecule has 3 heterocycles. The molecule has 0 saturated carbocycles. The van der Waals surface area contributed by atoms with Crippen molar-refractivity contribution in [1.82, 2.24) is 20.1 Å². The first-order valence-corrected chi connectivity index (χ1v) is 12.9. The molecule has 0 unspecified atom stereocenters. The molecule has 0 bridgehead atoms. The van der Waals surface area contributed by atoms with Gasteiger partial charge in [-0.3, -0.25) is 9.48 Å². The van der Waals surface area contributed by atoms with Crippen molar-refractivity contribution in [2.24, 2.45) is 5.92 Å². The smallest absolute Gasteiger partial charge is 0.223 e. The minimum absolute atomic E-state index is 0.0128. The van der Waals surface area contributed by atoms with Crippen LogP contribution in [0.25, 0.3) is 22.4 Å². The summed E-state index contributed by atoms with van der Waals surface area (Å²) in [5, 5.41) is 7.95. The summed E-state index contributed by atoms with van der Waals surface area (Å²) in [6.07, 6.45) is 2.02. The van der Waals surface area contributed by atoms with Crippen LogP contribution in [-0.2, 0) is 27.5 Å². The molecule has 0 spiro atoms. The van der Waals surface area contributed by atoms with Gasteiger partial charge in [0.05, 0.1) is 22.7 Å². The molecule has 8 nitrogen and oxygen atoms in total. The number of sulfone groups is 1. The predicted octanol–water partition coefficient (Wildman–Crippen LogP) is 2.99. The minimum atomic E-state index is -3.02. The van der Waals surface area contributed by atoms with Crippen LogP contribution in [-0.4, -0.2) is 46.1 Å². The summed E-state index contributed by atoms with van der Waals surface area (Å²) in [5.41, 5.74) is 4.98. The maximum absolute atomic E-state index is 13.0. The van der Waals surface area contributed by atoms with E-state index < -0.39 is 15.4 Å². The van der Waals surface area contributed by atoms with Gasteiger partial charge in [-0.2, -0.15) is 5.10 Å². The molecule has 2 aromatic heterocycles. The van der Waals surface area contributed by atoms with E-state index in [1.54, 1.807) is 6.92 Å². The summed E-state index contributed by atoms with van der Waals surface area (Å²) in [6.45, 7) is 7.81. The third kappa shape index (κ3) is 3.52. The standard InChI is InChI=1S/C23H28N4O4S/c1-13(2)27-18-10-15(22(28)25-23(4)11-32(29,30)12-23)8-9-16(18)20(26-27)17-6-5-7-19-21(17)24-14(3)31-19/h5-7,13,15H,8-12H2,1-4H3,(H,25,28)/t15-/m1/s1. The highest BCUT2D eigenvalue weighted by atomic mass is 32.2. The van der Waals surface area contributed by atoms with E-state index in [4.69, 9.17) is 9.52 Å². The van der Waals surface area contributed by atoms with Crippen molar-refractivity contribution >= 4 is 26.8 Å². The maximum Gasteiger partial charge on any atom is 0.223 e. The van der Waals surface area contributed by atoms with Crippen molar-refractivity contribution in [1.29, 1.82) is 0 Å². The van der Waals surface area contributed by atoms with Gasteiger partial charge in [0.25, 0.3) is 0 Å². The zero-order chi connectivity index (χ0) is 22.8. The monoisotopic (exact) mass is 456 g/mol. The number of aromatic nitrogens is 3. The highest BCUT2D eigenvalue weighted by Crippen LogP contribution is 2.38. The van der Waals surface area contributed by atoms with Crippen molar-refractivity contribution in [3.05, 3.63) is 35.3 Å². The van der Waals surface area contributed by atoms with Crippen LogP contribution >= 0.6 is 0 Å². The molecule has 1 aliphatic carbocycles. The van der Waals surface area contributed by atoms with Gasteiger partial charge in [0.2, 0.25) is 5.91 Å². The third-order valence-corrected chi connectivity index (χ3v) is 8.60. The zero-order valence-corrected chi connectivity index (χ0v) is 19.6. The molecule has 5 rings (SSSR count). The van der Waals surface area contributed by atoms with Crippen LogP contribution in [0, 0.1) is 12.8 Å². The van der Waals surface area contributed by atoms with Gasteiger partial charge in [0, 0.05) is 42.1 Å². The van der Waals surface area contributed by atoms with E-state index in [9.17, 15) is 13.2 Å². The number of hydrogen-bond donors (Lipinski definition) is 1. The predicted molar refractivity (Wildman–Crippen MR) is 121 cm³/mol. The first-order valence-electron chi connectivity index (χ1n) is 11.0. The number of nitrogens with zero attached hydrogens (tertiary/aromatic N) is 3. The zero-order valence-electron chi connectivity index (χ0n) is 18.8. The van der Waals surface area contributed by atoms with Gasteiger partial charge >= 0.3 is 0 Å². The molecular formula is C23H28N4O4S. The number of carbonyl (C=O) groups is 1. The molecule has 1 N–H and O–H groups in total. The normalized spacial score (nSPS) is 21.3. The van der Waals surface area contributed by atoms with Crippen LogP contribution in [0.5, 0.6) is 0 Å². The summed E-state index contributed by atoms with van der Waals surface area (Å²) < 4.78 is 30.9. The summed E-state index contributed by atoms with van der Waals surface area (Å²) >= 11 is 0. The van der Waals surface area contributed by atoms with Gasteiger partial charge in [-0.1, -0.05) is 12.1 Å². The molecule has 1 amide bonds. The van der Waals surface area contributed by atoms with Crippen LogP contribution in [0.15, 0.2) is 22.6 Å². The van der Waals surface area contributed by atoms with Gasteiger partial charge in [0.1, 0.15) is 5.52 Å². The average Bonchev–Trinajstić information content (AvgIpc) is 3.25. The quantitative estimate of drug-likeness (QED) is 0.647. The molecule has 170 valence electrons. The lowest BCUT2D eigenvalue weighted by atomic mass is 9.84. The Bertz CT molecular complexity index is 1320. The fourth-order valence-corrected chi connectivity index (χ4v) is 7.16. The van der Waals surface area contributed by atoms with Gasteiger partial charge in [-0.15, -0.1) is 0 Å². The molecule has 2 aliphatic rings. The SMILES string of the molecule is Cc1nc2c(-c3nn(C(C)C)c4c3CC[C@@H](C(=O)NC3(C)CS(=O)(=O)C3)C4)cccc2o1. The Balaban J connectivity index is 1.48. The molecule has 0 radical (unpaired) electrons. The third-order valence-electron chi connectivity index (χ3n) is 6.44. The summed E-state index contributed by atoms with van der Waals surface area (Å²) in [6, 6.07) is 6.03. The molecule has 1 aliphatic heterocycles. The molecule has 32 heavy (non-hydrogen) atoms. The number of benzene rings is 1. The highest BCUT2D eigenvalue weighted by Gasteiger charge is 2.46. The minimum Gasteiger partial charge on any atom is -0.441 e. The van der Waals surface area contributed by atoms with E-state index in [0.717, 1.165) is 40.0 Å². The Morgan fingerprint density at radius 2 is 2.06 bits per heavy atom. The van der Waals surface area contributed by atoms with Crippen molar-refractivity contribution < 1.29 is 17.6 Å². The molecule has 3 aromatic rings.